The van der Waals surface area contributed by atoms with E-state index < -0.39 is 55.9 Å². The minimum Gasteiger partial charge on any atom is -0.493 e. The van der Waals surface area contributed by atoms with Gasteiger partial charge in [-0.15, -0.1) is 0 Å². The highest BCUT2D eigenvalue weighted by Gasteiger charge is 2.14. The standard InChI is InChI=1S/C22H24ClFN4O3/c1-29-20-13-19-16(12-21(20)31-8-2-5-28-6-9-30-10-7-28)22(26-14-25-19)27-15-3-4-18(24)17(23)11-15/h3-4,11-14H,2,5-10H2,1H3,(H,25,26,27)/i1D3,9D2,10D2,12D,13D,14D. The molecule has 0 unspecified atom stereocenters. The van der Waals surface area contributed by atoms with Crippen molar-refractivity contribution in [1.29, 1.82) is 0 Å². The van der Waals surface area contributed by atoms with Crippen molar-refractivity contribution < 1.29 is 32.3 Å². The van der Waals surface area contributed by atoms with E-state index in [1.807, 2.05) is 0 Å². The van der Waals surface area contributed by atoms with Gasteiger partial charge in [0.15, 0.2) is 11.5 Å². The third kappa shape index (κ3) is 5.33. The lowest BCUT2D eigenvalue weighted by Gasteiger charge is -2.26. The summed E-state index contributed by atoms with van der Waals surface area (Å²) in [6.45, 7) is -4.76. The van der Waals surface area contributed by atoms with E-state index in [-0.39, 0.29) is 60.1 Å². The first-order chi connectivity index (χ1) is 18.9. The molecular weight excluding hydrogens is 423 g/mol. The lowest BCUT2D eigenvalue weighted by atomic mass is 10.2. The number of rotatable bonds is 8. The van der Waals surface area contributed by atoms with Gasteiger partial charge in [-0.3, -0.25) is 4.90 Å². The third-order valence-corrected chi connectivity index (χ3v) is 4.63. The van der Waals surface area contributed by atoms with Crippen LogP contribution in [0.4, 0.5) is 15.9 Å². The molecule has 0 saturated carbocycles. The fourth-order valence-corrected chi connectivity index (χ4v) is 3.02. The van der Waals surface area contributed by atoms with Gasteiger partial charge in [0.05, 0.1) is 49.6 Å². The summed E-state index contributed by atoms with van der Waals surface area (Å²) in [6, 6.07) is 2.65. The summed E-state index contributed by atoms with van der Waals surface area (Å²) in [4.78, 5) is 9.39. The molecule has 1 N–H and O–H groups in total. The van der Waals surface area contributed by atoms with Gasteiger partial charge in [0.25, 0.3) is 0 Å². The molecule has 1 aromatic heterocycles. The number of nitrogens with zero attached hydrogens (tertiary/aromatic N) is 3. The van der Waals surface area contributed by atoms with E-state index in [2.05, 4.69) is 15.3 Å². The molecule has 0 atom stereocenters. The summed E-state index contributed by atoms with van der Waals surface area (Å²) >= 11 is 5.86. The SMILES string of the molecule is [2H]c1nc(Nc2ccc(F)c(Cl)c2)c2c([2H])c(OCCCN3CC([2H])([2H])OC([2H])([2H])C3)c(OC([2H])([2H])[2H])c([2H])c2n1. The second-order valence-electron chi connectivity index (χ2n) is 6.46. The Balaban J connectivity index is 1.68. The number of halogens is 2. The van der Waals surface area contributed by atoms with E-state index in [4.69, 9.17) is 39.5 Å². The molecule has 4 rings (SSSR count). The highest BCUT2D eigenvalue weighted by Crippen LogP contribution is 2.35. The molecule has 0 bridgehead atoms. The zero-order chi connectivity index (χ0) is 30.3. The molecule has 1 aliphatic heterocycles. The molecule has 31 heavy (non-hydrogen) atoms. The predicted octanol–water partition coefficient (Wildman–Crippen LogP) is 4.28. The van der Waals surface area contributed by atoms with Gasteiger partial charge in [-0.2, -0.15) is 0 Å². The summed E-state index contributed by atoms with van der Waals surface area (Å²) in [6.07, 6.45) is -0.356. The Kier molecular flexibility index (Phi) is 4.03. The first-order valence-electron chi connectivity index (χ1n) is 14.2. The van der Waals surface area contributed by atoms with Crippen LogP contribution in [0.2, 0.25) is 5.02 Å². The Hall–Kier alpha value is -2.68. The molecule has 9 heteroatoms. The van der Waals surface area contributed by atoms with E-state index >= 15 is 0 Å². The minimum atomic E-state index is -3.03. The van der Waals surface area contributed by atoms with Crippen LogP contribution >= 0.6 is 11.6 Å². The summed E-state index contributed by atoms with van der Waals surface area (Å²) < 4.78 is 108. The molecule has 2 aromatic carbocycles. The van der Waals surface area contributed by atoms with Gasteiger partial charge in [0.2, 0.25) is 0 Å². The van der Waals surface area contributed by atoms with E-state index in [0.29, 0.717) is 0 Å². The topological polar surface area (TPSA) is 68.7 Å². The highest BCUT2D eigenvalue weighted by molar-refractivity contribution is 6.31. The number of methoxy groups -OCH3 is 1. The van der Waals surface area contributed by atoms with Crippen LogP contribution in [0.5, 0.6) is 11.5 Å². The molecule has 0 aliphatic carbocycles. The van der Waals surface area contributed by atoms with Gasteiger partial charge in [-0.25, -0.2) is 14.4 Å². The van der Waals surface area contributed by atoms with E-state index in [9.17, 15) is 4.39 Å². The van der Waals surface area contributed by atoms with Crippen LogP contribution in [0.15, 0.2) is 36.6 Å². The van der Waals surface area contributed by atoms with Gasteiger partial charge in [-0.05, 0) is 30.7 Å². The smallest absolute Gasteiger partial charge is 0.162 e. The molecule has 3 aromatic rings. The molecule has 0 radical (unpaired) electrons. The zero-order valence-electron chi connectivity index (χ0n) is 26.1. The Bertz CT molecular complexity index is 1450. The molecule has 0 spiro atoms. The summed E-state index contributed by atoms with van der Waals surface area (Å²) in [5.41, 5.74) is -0.0210. The molecule has 1 fully saturated rings. The van der Waals surface area contributed by atoms with Crippen molar-refractivity contribution in [2.45, 2.75) is 6.42 Å². The Morgan fingerprint density at radius 3 is 3.00 bits per heavy atom. The van der Waals surface area contributed by atoms with Crippen molar-refractivity contribution in [1.82, 2.24) is 14.9 Å². The van der Waals surface area contributed by atoms with E-state index in [0.717, 1.165) is 6.07 Å². The summed E-state index contributed by atoms with van der Waals surface area (Å²) in [5, 5.41) is 2.52. The molecule has 2 heterocycles. The number of aromatic nitrogens is 2. The monoisotopic (exact) mass is 456 g/mol. The van der Waals surface area contributed by atoms with Crippen molar-refractivity contribution in [3.8, 4) is 11.5 Å². The first-order valence-corrected chi connectivity index (χ1v) is 9.60. The second-order valence-corrected chi connectivity index (χ2v) is 6.87. The van der Waals surface area contributed by atoms with Crippen LogP contribution in [-0.2, 0) is 4.74 Å². The zero-order valence-corrected chi connectivity index (χ0v) is 16.8. The van der Waals surface area contributed by atoms with Gasteiger partial charge in [-0.1, -0.05) is 11.6 Å². The van der Waals surface area contributed by atoms with Crippen LogP contribution in [0.3, 0.4) is 0 Å². The lowest BCUT2D eigenvalue weighted by molar-refractivity contribution is 0.0357. The van der Waals surface area contributed by atoms with Gasteiger partial charge >= 0.3 is 0 Å². The molecular formula is C22H24ClFN4O3. The number of ether oxygens (including phenoxy) is 3. The van der Waals surface area contributed by atoms with Crippen LogP contribution in [0.25, 0.3) is 10.9 Å². The number of nitrogens with one attached hydrogen (secondary N) is 1. The van der Waals surface area contributed by atoms with E-state index in [1.165, 1.54) is 17.0 Å². The number of fused-ring (bicyclic) bond motifs is 1. The predicted molar refractivity (Wildman–Crippen MR) is 118 cm³/mol. The van der Waals surface area contributed by atoms with Crippen LogP contribution in [0.1, 0.15) is 20.1 Å². The second kappa shape index (κ2) is 10.1. The maximum absolute atomic E-state index is 13.7. The van der Waals surface area contributed by atoms with E-state index in [1.54, 1.807) is 0 Å². The number of hydrogen-bond acceptors (Lipinski definition) is 7. The quantitative estimate of drug-likeness (QED) is 0.507. The first kappa shape index (κ1) is 12.4. The number of anilines is 2. The summed E-state index contributed by atoms with van der Waals surface area (Å²) in [7, 11) is -3.03. The Morgan fingerprint density at radius 2 is 2.19 bits per heavy atom. The van der Waals surface area contributed by atoms with Crippen molar-refractivity contribution in [2.75, 3.05) is 51.7 Å². The van der Waals surface area contributed by atoms with Crippen LogP contribution in [-0.4, -0.2) is 61.3 Å². The number of hydrogen-bond donors (Lipinski definition) is 1. The maximum atomic E-state index is 13.7. The average Bonchev–Trinajstić information content (AvgIpc) is 2.81. The van der Waals surface area contributed by atoms with Crippen molar-refractivity contribution in [2.24, 2.45) is 0 Å². The normalized spacial score (nSPS) is 22.9. The van der Waals surface area contributed by atoms with Gasteiger partial charge in [0, 0.05) is 36.8 Å². The number of morpholine rings is 1. The van der Waals surface area contributed by atoms with Crippen molar-refractivity contribution in [3.63, 3.8) is 0 Å². The fraction of sp³-hybridized carbons (Fsp3) is 0.364. The van der Waals surface area contributed by atoms with Crippen molar-refractivity contribution in [3.05, 3.63) is 47.4 Å². The Labute approximate surface area is 199 Å². The van der Waals surface area contributed by atoms with Crippen LogP contribution < -0.4 is 14.8 Å². The Morgan fingerprint density at radius 1 is 1.32 bits per heavy atom. The molecule has 1 saturated heterocycles. The minimum absolute atomic E-state index is 0.103. The largest absolute Gasteiger partial charge is 0.493 e. The molecule has 164 valence electrons. The number of benzene rings is 2. The van der Waals surface area contributed by atoms with Gasteiger partial charge < -0.3 is 19.5 Å². The fourth-order valence-electron chi connectivity index (χ4n) is 2.84. The third-order valence-electron chi connectivity index (χ3n) is 4.34. The van der Waals surface area contributed by atoms with Crippen LogP contribution in [0, 0.1) is 5.82 Å². The molecule has 0 amide bonds. The van der Waals surface area contributed by atoms with Crippen molar-refractivity contribution >= 4 is 34.0 Å². The average molecular weight is 457 g/mol. The van der Waals surface area contributed by atoms with Gasteiger partial charge in [0.1, 0.15) is 19.3 Å². The highest BCUT2D eigenvalue weighted by atomic mass is 35.5. The summed E-state index contributed by atoms with van der Waals surface area (Å²) in [5.74, 6) is -1.81. The lowest BCUT2D eigenvalue weighted by Crippen LogP contribution is -2.37. The molecule has 1 aliphatic rings. The maximum Gasteiger partial charge on any atom is 0.162 e. The molecule has 7 nitrogen and oxygen atoms in total.